The Balaban J connectivity index is 1.89. The number of hydrogen-bond donors (Lipinski definition) is 0. The molecule has 0 spiro atoms. The maximum atomic E-state index is 11.3. The summed E-state index contributed by atoms with van der Waals surface area (Å²) >= 11 is 0. The van der Waals surface area contributed by atoms with E-state index in [4.69, 9.17) is 0 Å². The van der Waals surface area contributed by atoms with Crippen LogP contribution in [0.15, 0.2) is 5.16 Å². The molecule has 0 N–H and O–H groups in total. The molecular weight excluding hydrogens is 121 g/mol. The lowest BCUT2D eigenvalue weighted by atomic mass is 10.5. The number of rotatable bonds is 4. The van der Waals surface area contributed by atoms with E-state index in [1.54, 1.807) is 6.21 Å². The fourth-order valence-corrected chi connectivity index (χ4v) is 0.462. The maximum absolute atomic E-state index is 11.3. The number of oxime groups is 1. The molecule has 0 bridgehead atoms. The van der Waals surface area contributed by atoms with Crippen molar-refractivity contribution in [2.75, 3.05) is 13.3 Å². The van der Waals surface area contributed by atoms with E-state index in [0.717, 1.165) is 0 Å². The fraction of sp³-hybridized carbons (Fsp3) is 0.833. The van der Waals surface area contributed by atoms with Crippen LogP contribution in [-0.4, -0.2) is 19.5 Å². The molecule has 9 heavy (non-hydrogen) atoms. The molecule has 0 heterocycles. The van der Waals surface area contributed by atoms with Crippen LogP contribution in [0.4, 0.5) is 4.39 Å². The van der Waals surface area contributed by atoms with Crippen LogP contribution in [0.2, 0.25) is 0 Å². The minimum Gasteiger partial charge on any atom is -0.393 e. The van der Waals surface area contributed by atoms with Crippen LogP contribution < -0.4 is 0 Å². The first-order valence-corrected chi connectivity index (χ1v) is 3.15. The molecule has 0 aromatic carbocycles. The molecule has 0 aliphatic heterocycles. The second-order valence-electron chi connectivity index (χ2n) is 2.11. The van der Waals surface area contributed by atoms with E-state index in [-0.39, 0.29) is 6.61 Å². The molecular formula is C6H10FNO. The molecule has 0 atom stereocenters. The lowest BCUT2D eigenvalue weighted by molar-refractivity contribution is 0.128. The summed E-state index contributed by atoms with van der Waals surface area (Å²) in [6, 6.07) is 0. The van der Waals surface area contributed by atoms with Crippen molar-refractivity contribution < 1.29 is 9.23 Å². The number of halogens is 1. The Morgan fingerprint density at radius 2 is 2.44 bits per heavy atom. The van der Waals surface area contributed by atoms with Crippen LogP contribution in [0.1, 0.15) is 12.8 Å². The van der Waals surface area contributed by atoms with E-state index in [9.17, 15) is 4.39 Å². The lowest BCUT2D eigenvalue weighted by Crippen LogP contribution is -1.89. The van der Waals surface area contributed by atoms with Crippen LogP contribution in [0.25, 0.3) is 0 Å². The first kappa shape index (κ1) is 6.52. The molecule has 0 amide bonds. The molecule has 1 rings (SSSR count). The van der Waals surface area contributed by atoms with Crippen molar-refractivity contribution in [3.63, 3.8) is 0 Å². The smallest absolute Gasteiger partial charge is 0.145 e. The number of hydrogen-bond acceptors (Lipinski definition) is 2. The van der Waals surface area contributed by atoms with E-state index in [1.807, 2.05) is 0 Å². The van der Waals surface area contributed by atoms with E-state index in [2.05, 4.69) is 9.99 Å². The van der Waals surface area contributed by atoms with Gasteiger partial charge in [0.2, 0.25) is 0 Å². The predicted molar refractivity (Wildman–Crippen MR) is 33.1 cm³/mol. The molecule has 52 valence electrons. The highest BCUT2D eigenvalue weighted by Gasteiger charge is 2.18. The predicted octanol–water partition coefficient (Wildman–Crippen LogP) is 1.37. The first-order chi connectivity index (χ1) is 4.43. The van der Waals surface area contributed by atoms with Crippen molar-refractivity contribution in [3.8, 4) is 0 Å². The third-order valence-electron chi connectivity index (χ3n) is 1.14. The Labute approximate surface area is 53.7 Å². The summed E-state index contributed by atoms with van der Waals surface area (Å²) in [4.78, 5) is 4.53. The van der Waals surface area contributed by atoms with E-state index in [1.165, 1.54) is 12.8 Å². The fourth-order valence-electron chi connectivity index (χ4n) is 0.462. The molecule has 0 radical (unpaired) electrons. The zero-order valence-corrected chi connectivity index (χ0v) is 5.22. The van der Waals surface area contributed by atoms with Gasteiger partial charge in [-0.05, 0) is 18.8 Å². The zero-order chi connectivity index (χ0) is 6.53. The normalized spacial score (nSPS) is 18.8. The Kier molecular flexibility index (Phi) is 2.48. The number of alkyl halides is 1. The molecule has 1 aliphatic rings. The van der Waals surface area contributed by atoms with Crippen LogP contribution in [0, 0.1) is 5.92 Å². The van der Waals surface area contributed by atoms with Gasteiger partial charge in [-0.2, -0.15) is 0 Å². The molecule has 0 saturated heterocycles. The second-order valence-corrected chi connectivity index (χ2v) is 2.11. The summed E-state index contributed by atoms with van der Waals surface area (Å²) in [6.07, 6.45) is 4.17. The van der Waals surface area contributed by atoms with Gasteiger partial charge in [0.05, 0.1) is 0 Å². The van der Waals surface area contributed by atoms with Crippen molar-refractivity contribution in [3.05, 3.63) is 0 Å². The Bertz CT molecular complexity index is 101. The molecule has 0 unspecified atom stereocenters. The van der Waals surface area contributed by atoms with Gasteiger partial charge in [0.25, 0.3) is 0 Å². The highest BCUT2D eigenvalue weighted by atomic mass is 19.1. The van der Waals surface area contributed by atoms with Crippen molar-refractivity contribution in [2.45, 2.75) is 12.8 Å². The van der Waals surface area contributed by atoms with Crippen LogP contribution in [-0.2, 0) is 4.84 Å². The Morgan fingerprint density at radius 3 is 3.00 bits per heavy atom. The molecule has 3 heteroatoms. The molecule has 2 nitrogen and oxygen atoms in total. The van der Waals surface area contributed by atoms with Gasteiger partial charge in [0.15, 0.2) is 0 Å². The van der Waals surface area contributed by atoms with Crippen molar-refractivity contribution in [1.82, 2.24) is 0 Å². The van der Waals surface area contributed by atoms with Gasteiger partial charge in [-0.15, -0.1) is 0 Å². The third kappa shape index (κ3) is 3.06. The van der Waals surface area contributed by atoms with Gasteiger partial charge in [-0.3, -0.25) is 0 Å². The first-order valence-electron chi connectivity index (χ1n) is 3.15. The van der Waals surface area contributed by atoms with Gasteiger partial charge in [-0.25, -0.2) is 4.39 Å². The summed E-state index contributed by atoms with van der Waals surface area (Å²) in [7, 11) is 0. The lowest BCUT2D eigenvalue weighted by Gasteiger charge is -1.89. The monoisotopic (exact) mass is 131 g/mol. The molecule has 1 fully saturated rings. The van der Waals surface area contributed by atoms with Gasteiger partial charge < -0.3 is 4.84 Å². The Morgan fingerprint density at radius 1 is 1.67 bits per heavy atom. The maximum Gasteiger partial charge on any atom is 0.145 e. The molecule has 0 aromatic heterocycles. The summed E-state index contributed by atoms with van der Waals surface area (Å²) < 4.78 is 11.3. The van der Waals surface area contributed by atoms with Crippen LogP contribution in [0.5, 0.6) is 0 Å². The van der Waals surface area contributed by atoms with Crippen LogP contribution in [0.3, 0.4) is 0 Å². The van der Waals surface area contributed by atoms with Crippen molar-refractivity contribution in [2.24, 2.45) is 11.1 Å². The van der Waals surface area contributed by atoms with Crippen LogP contribution >= 0.6 is 0 Å². The van der Waals surface area contributed by atoms with Gasteiger partial charge >= 0.3 is 0 Å². The minimum atomic E-state index is -0.456. The molecule has 1 saturated carbocycles. The Hall–Kier alpha value is -0.600. The highest BCUT2D eigenvalue weighted by Crippen LogP contribution is 2.26. The second kappa shape index (κ2) is 3.43. The van der Waals surface area contributed by atoms with Crippen molar-refractivity contribution in [1.29, 1.82) is 0 Å². The van der Waals surface area contributed by atoms with Gasteiger partial charge in [-0.1, -0.05) is 5.16 Å². The molecule has 0 aromatic rings. The van der Waals surface area contributed by atoms with E-state index >= 15 is 0 Å². The summed E-state index contributed by atoms with van der Waals surface area (Å²) in [6.45, 7) is -0.370. The van der Waals surface area contributed by atoms with E-state index in [0.29, 0.717) is 5.92 Å². The SMILES string of the molecule is FCCON=CC1CC1. The topological polar surface area (TPSA) is 21.6 Å². The number of nitrogens with zero attached hydrogens (tertiary/aromatic N) is 1. The standard InChI is InChI=1S/C6H10FNO/c7-3-4-9-8-5-6-1-2-6/h5-6H,1-4H2. The summed E-state index contributed by atoms with van der Waals surface area (Å²) in [5, 5.41) is 3.56. The average Bonchev–Trinajstić information content (AvgIpc) is 2.63. The minimum absolute atomic E-state index is 0.0865. The van der Waals surface area contributed by atoms with E-state index < -0.39 is 6.67 Å². The average molecular weight is 131 g/mol. The van der Waals surface area contributed by atoms with Gasteiger partial charge in [0.1, 0.15) is 13.3 Å². The third-order valence-corrected chi connectivity index (χ3v) is 1.14. The largest absolute Gasteiger partial charge is 0.393 e. The van der Waals surface area contributed by atoms with Crippen molar-refractivity contribution >= 4 is 6.21 Å². The summed E-state index contributed by atoms with van der Waals surface area (Å²) in [5.74, 6) is 0.615. The molecule has 1 aliphatic carbocycles. The highest BCUT2D eigenvalue weighted by molar-refractivity contribution is 5.62. The zero-order valence-electron chi connectivity index (χ0n) is 5.22. The van der Waals surface area contributed by atoms with Gasteiger partial charge in [0, 0.05) is 6.21 Å². The quantitative estimate of drug-likeness (QED) is 0.321. The summed E-state index contributed by atoms with van der Waals surface area (Å²) in [5.41, 5.74) is 0.